The highest BCUT2D eigenvalue weighted by molar-refractivity contribution is 7.26. The molecule has 4 heterocycles. The molecule has 0 saturated heterocycles. The van der Waals surface area contributed by atoms with Crippen LogP contribution in [0.2, 0.25) is 0 Å². The van der Waals surface area contributed by atoms with Crippen LogP contribution in [0.25, 0.3) is 155 Å². The third-order valence-corrected chi connectivity index (χ3v) is 22.8. The van der Waals surface area contributed by atoms with Crippen molar-refractivity contribution < 1.29 is 4.42 Å². The molecule has 0 N–H and O–H groups in total. The van der Waals surface area contributed by atoms with Gasteiger partial charge in [0.1, 0.15) is 11.2 Å². The normalized spacial score (nSPS) is 14.7. The Balaban J connectivity index is 0.000000137. The van der Waals surface area contributed by atoms with Crippen LogP contribution >= 0.6 is 11.3 Å². The molecule has 4 aliphatic rings. The lowest BCUT2D eigenvalue weighted by atomic mass is 9.68. The quantitative estimate of drug-likeness (QED) is 0.150. The molecular weight excluding hydrogens is 1210 g/mol. The second kappa shape index (κ2) is 23.8. The van der Waals surface area contributed by atoms with Gasteiger partial charge in [-0.25, -0.2) is 29.9 Å². The van der Waals surface area contributed by atoms with Gasteiger partial charge in [0.25, 0.3) is 0 Å². The van der Waals surface area contributed by atoms with Crippen LogP contribution in [0.4, 0.5) is 0 Å². The van der Waals surface area contributed by atoms with Crippen LogP contribution in [0.5, 0.6) is 0 Å². The van der Waals surface area contributed by atoms with E-state index in [1.54, 1.807) is 0 Å². The van der Waals surface area contributed by atoms with Crippen LogP contribution in [0.1, 0.15) is 86.5 Å². The lowest BCUT2D eigenvalue weighted by Gasteiger charge is -2.36. The van der Waals surface area contributed by atoms with Gasteiger partial charge in [0, 0.05) is 75.2 Å². The zero-order chi connectivity index (χ0) is 64.7. The van der Waals surface area contributed by atoms with Crippen LogP contribution in [0.3, 0.4) is 0 Å². The van der Waals surface area contributed by atoms with Crippen molar-refractivity contribution in [3.8, 4) is 113 Å². The third-order valence-electron chi connectivity index (χ3n) is 21.5. The minimum Gasteiger partial charge on any atom is -0.455 e. The first-order chi connectivity index (χ1) is 48.5. The van der Waals surface area contributed by atoms with Gasteiger partial charge in [-0.1, -0.05) is 293 Å². The zero-order valence-corrected chi connectivity index (χ0v) is 54.9. The van der Waals surface area contributed by atoms with Gasteiger partial charge in [0.2, 0.25) is 0 Å². The average molecular weight is 1280 g/mol. The Morgan fingerprint density at radius 1 is 0.235 bits per heavy atom. The van der Waals surface area contributed by atoms with Gasteiger partial charge in [-0.2, -0.15) is 0 Å². The topological polar surface area (TPSA) is 90.5 Å². The van der Waals surface area contributed by atoms with Gasteiger partial charge in [-0.05, 0) is 111 Å². The Hall–Kier alpha value is -11.3. The van der Waals surface area contributed by atoms with Crippen LogP contribution in [0.15, 0.2) is 283 Å². The molecule has 20 rings (SSSR count). The number of nitrogens with zero attached hydrogens (tertiary/aromatic N) is 6. The SMILES string of the molecule is c1ccc(-c2nc(-c3ccccc3)nc(-c3cccc4c3oc3c(-c5ccc6c(c5)-c5ccccc5C65CCCCC5)cccc34)n2)cc1.c1ccc(-c2nc(-c3ccccc3)nc(-c3cccc4c3sc3c(-c5ccc6c(c5)-c5ccccc5C65CCCCC5)cccc34)n2)cc1. The molecule has 0 aliphatic heterocycles. The molecule has 98 heavy (non-hydrogen) atoms. The molecule has 12 aromatic carbocycles. The molecular formula is C90H66N6OS. The van der Waals surface area contributed by atoms with E-state index in [4.69, 9.17) is 34.3 Å². The van der Waals surface area contributed by atoms with E-state index >= 15 is 0 Å². The molecule has 0 radical (unpaired) electrons. The van der Waals surface area contributed by atoms with Crippen molar-refractivity contribution in [1.82, 2.24) is 29.9 Å². The third kappa shape index (κ3) is 9.59. The van der Waals surface area contributed by atoms with Crippen molar-refractivity contribution in [3.05, 3.63) is 301 Å². The molecule has 7 nitrogen and oxygen atoms in total. The molecule has 0 bridgehead atoms. The maximum Gasteiger partial charge on any atom is 0.167 e. The van der Waals surface area contributed by atoms with E-state index in [1.807, 2.05) is 108 Å². The van der Waals surface area contributed by atoms with Crippen molar-refractivity contribution in [2.24, 2.45) is 0 Å². The summed E-state index contributed by atoms with van der Waals surface area (Å²) >= 11 is 1.85. The Morgan fingerprint density at radius 2 is 0.561 bits per heavy atom. The number of aromatic nitrogens is 6. The van der Waals surface area contributed by atoms with E-state index in [1.165, 1.54) is 146 Å². The van der Waals surface area contributed by atoms with Crippen LogP contribution in [-0.2, 0) is 10.8 Å². The summed E-state index contributed by atoms with van der Waals surface area (Å²) in [4.78, 5) is 30.0. The van der Waals surface area contributed by atoms with Gasteiger partial charge < -0.3 is 4.42 Å². The van der Waals surface area contributed by atoms with Gasteiger partial charge in [-0.15, -0.1) is 11.3 Å². The fraction of sp³-hybridized carbons (Fsp3) is 0.133. The smallest absolute Gasteiger partial charge is 0.167 e. The standard InChI is InChI=1S/C45H33N3O.C45H33N3S/c2*1-4-14-29(15-5-1)42-46-43(30-16-6-2-7-17-30)48-44(47-42)36-22-13-21-35-34-20-12-19-32(40(34)49-41(35)36)31-24-25-39-37(28-31)33-18-8-9-23-38(33)45(39)26-10-3-11-27-45/h2*1-2,4-9,12-25,28H,3,10-11,26-27H2. The molecule has 8 heteroatoms. The van der Waals surface area contributed by atoms with E-state index < -0.39 is 0 Å². The predicted molar refractivity (Wildman–Crippen MR) is 402 cm³/mol. The summed E-state index contributed by atoms with van der Waals surface area (Å²) < 4.78 is 9.40. The zero-order valence-electron chi connectivity index (χ0n) is 54.1. The highest BCUT2D eigenvalue weighted by atomic mass is 32.1. The fourth-order valence-corrected chi connectivity index (χ4v) is 18.3. The van der Waals surface area contributed by atoms with Crippen LogP contribution < -0.4 is 0 Å². The summed E-state index contributed by atoms with van der Waals surface area (Å²) in [6.45, 7) is 0. The largest absolute Gasteiger partial charge is 0.455 e. The molecule has 4 aromatic heterocycles. The van der Waals surface area contributed by atoms with Crippen LogP contribution in [0, 0.1) is 0 Å². The molecule has 0 atom stereocenters. The first kappa shape index (κ1) is 58.1. The molecule has 468 valence electrons. The molecule has 16 aromatic rings. The Kier molecular flexibility index (Phi) is 14.1. The van der Waals surface area contributed by atoms with Gasteiger partial charge in [0.15, 0.2) is 34.9 Å². The summed E-state index contributed by atoms with van der Waals surface area (Å²) in [6.07, 6.45) is 12.8. The number of hydrogen-bond donors (Lipinski definition) is 0. The highest BCUT2D eigenvalue weighted by Crippen LogP contribution is 2.59. The number of rotatable bonds is 8. The molecule has 2 fully saturated rings. The maximum absolute atomic E-state index is 6.91. The van der Waals surface area contributed by atoms with E-state index in [2.05, 4.69) is 182 Å². The van der Waals surface area contributed by atoms with Crippen molar-refractivity contribution in [3.63, 3.8) is 0 Å². The second-order valence-electron chi connectivity index (χ2n) is 26.9. The highest BCUT2D eigenvalue weighted by Gasteiger charge is 2.45. The van der Waals surface area contributed by atoms with E-state index in [0.29, 0.717) is 34.9 Å². The summed E-state index contributed by atoms with van der Waals surface area (Å²) in [5.74, 6) is 3.90. The van der Waals surface area contributed by atoms with Crippen molar-refractivity contribution in [2.45, 2.75) is 75.0 Å². The Labute approximate surface area is 573 Å². The van der Waals surface area contributed by atoms with E-state index in [9.17, 15) is 0 Å². The first-order valence-electron chi connectivity index (χ1n) is 34.7. The summed E-state index contributed by atoms with van der Waals surface area (Å²) in [7, 11) is 0. The predicted octanol–water partition coefficient (Wildman–Crippen LogP) is 23.8. The van der Waals surface area contributed by atoms with Crippen LogP contribution in [-0.4, -0.2) is 29.9 Å². The van der Waals surface area contributed by atoms with E-state index in [-0.39, 0.29) is 10.8 Å². The van der Waals surface area contributed by atoms with E-state index in [0.717, 1.165) is 60.9 Å². The Bertz CT molecular complexity index is 5300. The minimum atomic E-state index is 0.144. The first-order valence-corrected chi connectivity index (χ1v) is 35.5. The minimum absolute atomic E-state index is 0.144. The molecule has 0 unspecified atom stereocenters. The summed E-state index contributed by atoms with van der Waals surface area (Å²) in [5, 5.41) is 4.63. The number of benzene rings is 12. The van der Waals surface area contributed by atoms with Gasteiger partial charge >= 0.3 is 0 Å². The number of fused-ring (bicyclic) bond motifs is 16. The fourth-order valence-electron chi connectivity index (χ4n) is 17.0. The lowest BCUT2D eigenvalue weighted by molar-refractivity contribution is 0.353. The lowest BCUT2D eigenvalue weighted by Crippen LogP contribution is -2.27. The number of hydrogen-bond acceptors (Lipinski definition) is 8. The molecule has 2 spiro atoms. The van der Waals surface area contributed by atoms with Crippen molar-refractivity contribution >= 4 is 53.4 Å². The number of furan rings is 1. The maximum atomic E-state index is 6.91. The van der Waals surface area contributed by atoms with Gasteiger partial charge in [-0.3, -0.25) is 0 Å². The molecule has 2 saturated carbocycles. The summed E-state index contributed by atoms with van der Waals surface area (Å²) in [6, 6.07) is 99.3. The molecule has 4 aliphatic carbocycles. The molecule has 0 amide bonds. The van der Waals surface area contributed by atoms with Gasteiger partial charge in [0.05, 0.1) is 5.56 Å². The van der Waals surface area contributed by atoms with Crippen molar-refractivity contribution in [2.75, 3.05) is 0 Å². The number of thiophene rings is 1. The Morgan fingerprint density at radius 3 is 1.02 bits per heavy atom. The second-order valence-corrected chi connectivity index (χ2v) is 27.9. The number of para-hydroxylation sites is 2. The average Bonchev–Trinajstić information content (AvgIpc) is 1.57. The summed E-state index contributed by atoms with van der Waals surface area (Å²) in [5.41, 5.74) is 24.2. The van der Waals surface area contributed by atoms with Crippen molar-refractivity contribution in [1.29, 1.82) is 0 Å². The monoisotopic (exact) mass is 1280 g/mol.